The topological polar surface area (TPSA) is 71.3 Å². The first-order chi connectivity index (χ1) is 16.3. The smallest absolute Gasteiger partial charge is 0.251 e. The Morgan fingerprint density at radius 3 is 2.48 bits per heavy atom. The molecule has 1 aliphatic rings. The van der Waals surface area contributed by atoms with Crippen molar-refractivity contribution in [2.24, 2.45) is 0 Å². The second-order valence-corrected chi connectivity index (χ2v) is 8.42. The maximum Gasteiger partial charge on any atom is 0.251 e. The summed E-state index contributed by atoms with van der Waals surface area (Å²) in [7, 11) is 0. The summed E-state index contributed by atoms with van der Waals surface area (Å²) < 4.78 is 2.13. The van der Waals surface area contributed by atoms with Crippen LogP contribution < -0.4 is 10.6 Å². The lowest BCUT2D eigenvalue weighted by Crippen LogP contribution is -2.25. The van der Waals surface area contributed by atoms with Crippen molar-refractivity contribution in [1.82, 2.24) is 19.7 Å². The van der Waals surface area contributed by atoms with Gasteiger partial charge in [0.25, 0.3) is 5.91 Å². The molecule has 1 aliphatic carbocycles. The fourth-order valence-electron chi connectivity index (χ4n) is 4.07. The van der Waals surface area contributed by atoms with Crippen LogP contribution in [0.3, 0.4) is 0 Å². The van der Waals surface area contributed by atoms with Gasteiger partial charge in [-0.15, -0.1) is 0 Å². The number of hydrogen-bond donors (Lipinski definition) is 2. The molecule has 0 bridgehead atoms. The summed E-state index contributed by atoms with van der Waals surface area (Å²) in [5.41, 5.74) is 6.46. The van der Waals surface area contributed by atoms with Crippen LogP contribution in [0.15, 0.2) is 85.1 Å². The summed E-state index contributed by atoms with van der Waals surface area (Å²) in [4.78, 5) is 21.9. The van der Waals surface area contributed by atoms with Crippen LogP contribution in [0.2, 0.25) is 0 Å². The molecule has 0 spiro atoms. The third kappa shape index (κ3) is 3.80. The van der Waals surface area contributed by atoms with Gasteiger partial charge < -0.3 is 10.6 Å². The number of anilines is 1. The Morgan fingerprint density at radius 1 is 0.939 bits per heavy atom. The van der Waals surface area contributed by atoms with E-state index in [9.17, 15) is 4.79 Å². The first kappa shape index (κ1) is 19.5. The molecule has 6 rings (SSSR count). The number of fused-ring (bicyclic) bond motifs is 3. The van der Waals surface area contributed by atoms with Crippen molar-refractivity contribution in [2.75, 3.05) is 5.32 Å². The van der Waals surface area contributed by atoms with Crippen LogP contribution in [0.4, 0.5) is 5.82 Å². The predicted octanol–water partition coefficient (Wildman–Crippen LogP) is 5.05. The second-order valence-electron chi connectivity index (χ2n) is 8.42. The van der Waals surface area contributed by atoms with Gasteiger partial charge in [0.15, 0.2) is 11.5 Å². The van der Waals surface area contributed by atoms with Gasteiger partial charge in [0.2, 0.25) is 0 Å². The van der Waals surface area contributed by atoms with Gasteiger partial charge in [-0.25, -0.2) is 9.97 Å². The van der Waals surface area contributed by atoms with Crippen LogP contribution in [-0.4, -0.2) is 26.3 Å². The molecule has 3 aromatic carbocycles. The number of carbonyl (C=O) groups is 1. The summed E-state index contributed by atoms with van der Waals surface area (Å²) in [6, 6.07) is 26.4. The van der Waals surface area contributed by atoms with Crippen molar-refractivity contribution >= 4 is 28.4 Å². The highest BCUT2D eigenvalue weighted by atomic mass is 16.1. The number of nitrogens with one attached hydrogen (secondary N) is 2. The molecule has 0 atom stereocenters. The number of hydrogen-bond acceptors (Lipinski definition) is 4. The molecule has 1 saturated carbocycles. The van der Waals surface area contributed by atoms with Gasteiger partial charge in [-0.2, -0.15) is 0 Å². The molecule has 1 fully saturated rings. The lowest BCUT2D eigenvalue weighted by atomic mass is 10.1. The summed E-state index contributed by atoms with van der Waals surface area (Å²) in [6.07, 6.45) is 4.03. The summed E-state index contributed by atoms with van der Waals surface area (Å²) in [5.74, 6) is 0.730. The number of para-hydroxylation sites is 2. The third-order valence-electron chi connectivity index (χ3n) is 5.99. The van der Waals surface area contributed by atoms with E-state index in [-0.39, 0.29) is 5.91 Å². The van der Waals surface area contributed by atoms with Crippen molar-refractivity contribution in [3.63, 3.8) is 0 Å². The number of rotatable bonds is 6. The highest BCUT2D eigenvalue weighted by Gasteiger charge is 2.23. The quantitative estimate of drug-likeness (QED) is 0.393. The maximum atomic E-state index is 12.4. The predicted molar refractivity (Wildman–Crippen MR) is 130 cm³/mol. The Bertz CT molecular complexity index is 1450. The minimum atomic E-state index is -0.00996. The van der Waals surface area contributed by atoms with Gasteiger partial charge in [-0.05, 0) is 42.7 Å². The monoisotopic (exact) mass is 433 g/mol. The number of amides is 1. The van der Waals surface area contributed by atoms with Crippen LogP contribution >= 0.6 is 0 Å². The fraction of sp³-hybridized carbons (Fsp3) is 0.148. The average Bonchev–Trinajstić information content (AvgIpc) is 3.57. The Balaban J connectivity index is 1.40. The van der Waals surface area contributed by atoms with Crippen molar-refractivity contribution in [1.29, 1.82) is 0 Å². The molecule has 2 aromatic heterocycles. The molecule has 2 N–H and O–H groups in total. The summed E-state index contributed by atoms with van der Waals surface area (Å²) in [6.45, 7) is 0.662. The van der Waals surface area contributed by atoms with E-state index in [1.807, 2.05) is 66.9 Å². The molecule has 0 saturated heterocycles. The van der Waals surface area contributed by atoms with Crippen molar-refractivity contribution in [3.8, 4) is 11.3 Å². The lowest BCUT2D eigenvalue weighted by molar-refractivity contribution is 0.0951. The normalized spacial score (nSPS) is 13.3. The van der Waals surface area contributed by atoms with E-state index < -0.39 is 0 Å². The largest absolute Gasteiger partial charge is 0.363 e. The highest BCUT2D eigenvalue weighted by Crippen LogP contribution is 2.29. The van der Waals surface area contributed by atoms with E-state index in [1.165, 1.54) is 5.56 Å². The number of carbonyl (C=O) groups excluding carboxylic acids is 1. The first-order valence-corrected chi connectivity index (χ1v) is 11.2. The van der Waals surface area contributed by atoms with Crippen LogP contribution in [0.1, 0.15) is 28.8 Å². The second kappa shape index (κ2) is 8.06. The molecular weight excluding hydrogens is 410 g/mol. The van der Waals surface area contributed by atoms with Crippen molar-refractivity contribution in [3.05, 3.63) is 96.2 Å². The molecule has 6 nitrogen and oxygen atoms in total. The van der Waals surface area contributed by atoms with Gasteiger partial charge in [0.05, 0.1) is 22.9 Å². The Hall–Kier alpha value is -4.19. The number of imidazole rings is 1. The first-order valence-electron chi connectivity index (χ1n) is 11.2. The molecule has 0 aliphatic heterocycles. The van der Waals surface area contributed by atoms with Crippen LogP contribution in [-0.2, 0) is 6.54 Å². The molecule has 162 valence electrons. The zero-order chi connectivity index (χ0) is 22.2. The summed E-state index contributed by atoms with van der Waals surface area (Å²) in [5, 5.41) is 6.50. The zero-order valence-corrected chi connectivity index (χ0v) is 18.0. The molecule has 0 unspecified atom stereocenters. The standard InChI is InChI=1S/C27H23N5O/c33-27(30-21-14-15-21)20-12-10-19(11-13-20)24-17-29-26-25(28-16-18-6-2-1-3-7-18)31-22-8-4-5-9-23(22)32(24)26/h1-13,17,21H,14-16H2,(H,28,31)(H,30,33). The fourth-order valence-corrected chi connectivity index (χ4v) is 4.07. The minimum absolute atomic E-state index is 0.00996. The molecule has 6 heteroatoms. The zero-order valence-electron chi connectivity index (χ0n) is 18.0. The highest BCUT2D eigenvalue weighted by molar-refractivity contribution is 5.95. The van der Waals surface area contributed by atoms with Crippen molar-refractivity contribution < 1.29 is 4.79 Å². The minimum Gasteiger partial charge on any atom is -0.363 e. The number of benzene rings is 3. The molecular formula is C27H23N5O. The van der Waals surface area contributed by atoms with Gasteiger partial charge >= 0.3 is 0 Å². The van der Waals surface area contributed by atoms with Gasteiger partial charge in [0.1, 0.15) is 0 Å². The van der Waals surface area contributed by atoms with Crippen LogP contribution in [0.5, 0.6) is 0 Å². The van der Waals surface area contributed by atoms with Gasteiger partial charge in [-0.3, -0.25) is 9.20 Å². The van der Waals surface area contributed by atoms with E-state index in [2.05, 4.69) is 33.2 Å². The van der Waals surface area contributed by atoms with Crippen LogP contribution in [0, 0.1) is 0 Å². The molecule has 5 aromatic rings. The van der Waals surface area contributed by atoms with Gasteiger partial charge in [-0.1, -0.05) is 54.6 Å². The Labute approximate surface area is 191 Å². The Kier molecular flexibility index (Phi) is 4.76. The van der Waals surface area contributed by atoms with Gasteiger partial charge in [0, 0.05) is 23.7 Å². The van der Waals surface area contributed by atoms with E-state index in [4.69, 9.17) is 9.97 Å². The molecule has 1 amide bonds. The van der Waals surface area contributed by atoms with E-state index in [0.29, 0.717) is 18.2 Å². The van der Waals surface area contributed by atoms with Crippen molar-refractivity contribution in [2.45, 2.75) is 25.4 Å². The van der Waals surface area contributed by atoms with E-state index >= 15 is 0 Å². The van der Waals surface area contributed by atoms with E-state index in [1.54, 1.807) is 0 Å². The number of aromatic nitrogens is 3. The molecule has 33 heavy (non-hydrogen) atoms. The summed E-state index contributed by atoms with van der Waals surface area (Å²) >= 11 is 0. The van der Waals surface area contributed by atoms with Crippen LogP contribution in [0.25, 0.3) is 27.9 Å². The molecule has 2 heterocycles. The average molecular weight is 434 g/mol. The maximum absolute atomic E-state index is 12.4. The SMILES string of the molecule is O=C(NC1CC1)c1ccc(-c2cnc3c(NCc4ccccc4)nc4ccccc4n23)cc1. The molecule has 0 radical (unpaired) electrons. The third-order valence-corrected chi connectivity index (χ3v) is 5.99. The van der Waals surface area contributed by atoms with E-state index in [0.717, 1.165) is 46.6 Å². The Morgan fingerprint density at radius 2 is 1.70 bits per heavy atom. The number of nitrogens with zero attached hydrogens (tertiary/aromatic N) is 3. The lowest BCUT2D eigenvalue weighted by Gasteiger charge is -2.12.